The van der Waals surface area contributed by atoms with Gasteiger partial charge in [0.15, 0.2) is 0 Å². The van der Waals surface area contributed by atoms with Gasteiger partial charge in [0.1, 0.15) is 0 Å². The summed E-state index contributed by atoms with van der Waals surface area (Å²) in [5, 5.41) is 2.94. The first-order chi connectivity index (χ1) is 10.6. The molecule has 2 heterocycles. The highest BCUT2D eigenvalue weighted by molar-refractivity contribution is 5.97. The first-order valence-electron chi connectivity index (χ1n) is 7.42. The zero-order chi connectivity index (χ0) is 15.4. The monoisotopic (exact) mass is 292 g/mol. The highest BCUT2D eigenvalue weighted by atomic mass is 16.2. The van der Waals surface area contributed by atoms with E-state index in [4.69, 9.17) is 0 Å². The van der Waals surface area contributed by atoms with Gasteiger partial charge in [-0.15, -0.1) is 0 Å². The first-order valence-corrected chi connectivity index (χ1v) is 7.42. The number of hydrogen-bond donors (Lipinski definition) is 0. The van der Waals surface area contributed by atoms with Crippen LogP contribution in [0.4, 0.5) is 0 Å². The molecule has 3 aromatic rings. The van der Waals surface area contributed by atoms with Crippen LogP contribution in [0.5, 0.6) is 0 Å². The summed E-state index contributed by atoms with van der Waals surface area (Å²) in [6.07, 6.45) is 1.78. The summed E-state index contributed by atoms with van der Waals surface area (Å²) >= 11 is 0. The molecule has 0 N–H and O–H groups in total. The Hall–Kier alpha value is -2.62. The molecule has 1 aliphatic heterocycles. The van der Waals surface area contributed by atoms with Gasteiger partial charge in [-0.05, 0) is 35.7 Å². The minimum absolute atomic E-state index is 0.101. The standard InChI is InChI=1S/C18H16N2O2/c1-11-9-19-17(21)15-7-13-5-3-4-6-14(13)8-16(15)18(22)20(19)10-12(11)2/h3-9,12H,10H2,1-2H3. The summed E-state index contributed by atoms with van der Waals surface area (Å²) in [5.41, 5.74) is 0.879. The lowest BCUT2D eigenvalue weighted by atomic mass is 10.0. The van der Waals surface area contributed by atoms with Gasteiger partial charge in [0.05, 0.1) is 10.8 Å². The van der Waals surface area contributed by atoms with Crippen LogP contribution < -0.4 is 11.1 Å². The molecule has 1 aromatic heterocycles. The third kappa shape index (κ3) is 1.70. The van der Waals surface area contributed by atoms with Crippen molar-refractivity contribution in [1.82, 2.24) is 9.36 Å². The van der Waals surface area contributed by atoms with Crippen LogP contribution in [0.25, 0.3) is 27.7 Å². The molecule has 0 saturated carbocycles. The number of fused-ring (bicyclic) bond motifs is 3. The Balaban J connectivity index is 2.21. The highest BCUT2D eigenvalue weighted by Gasteiger charge is 2.19. The molecule has 0 radical (unpaired) electrons. The summed E-state index contributed by atoms with van der Waals surface area (Å²) in [4.78, 5) is 25.6. The Bertz CT molecular complexity index is 1070. The zero-order valence-electron chi connectivity index (χ0n) is 12.5. The number of benzene rings is 2. The maximum atomic E-state index is 12.8. The van der Waals surface area contributed by atoms with Gasteiger partial charge in [-0.1, -0.05) is 36.8 Å². The summed E-state index contributed by atoms with van der Waals surface area (Å²) in [6, 6.07) is 11.4. The molecule has 0 bridgehead atoms. The van der Waals surface area contributed by atoms with Gasteiger partial charge in [0.2, 0.25) is 0 Å². The summed E-state index contributed by atoms with van der Waals surface area (Å²) in [5.74, 6) is 0.259. The van der Waals surface area contributed by atoms with Crippen LogP contribution in [-0.4, -0.2) is 9.36 Å². The van der Waals surface area contributed by atoms with E-state index >= 15 is 0 Å². The van der Waals surface area contributed by atoms with Crippen LogP contribution in [0.1, 0.15) is 13.8 Å². The van der Waals surface area contributed by atoms with E-state index in [9.17, 15) is 9.59 Å². The first kappa shape index (κ1) is 13.1. The molecule has 22 heavy (non-hydrogen) atoms. The quantitative estimate of drug-likeness (QED) is 0.598. The predicted molar refractivity (Wildman–Crippen MR) is 89.1 cm³/mol. The van der Waals surface area contributed by atoms with Gasteiger partial charge in [0, 0.05) is 12.7 Å². The molecule has 4 nitrogen and oxygen atoms in total. The fourth-order valence-corrected chi connectivity index (χ4v) is 3.09. The van der Waals surface area contributed by atoms with Gasteiger partial charge < -0.3 is 0 Å². The largest absolute Gasteiger partial charge is 0.277 e. The Labute approximate surface area is 126 Å². The second-order valence-corrected chi connectivity index (χ2v) is 6.06. The fourth-order valence-electron chi connectivity index (χ4n) is 3.09. The van der Waals surface area contributed by atoms with Gasteiger partial charge >= 0.3 is 0 Å². The lowest BCUT2D eigenvalue weighted by Crippen LogP contribution is -2.40. The van der Waals surface area contributed by atoms with Crippen LogP contribution in [-0.2, 0) is 6.54 Å². The van der Waals surface area contributed by atoms with E-state index in [1.54, 1.807) is 10.9 Å². The van der Waals surface area contributed by atoms with E-state index in [2.05, 4.69) is 6.92 Å². The van der Waals surface area contributed by atoms with Crippen molar-refractivity contribution in [3.05, 3.63) is 62.7 Å². The molecule has 2 aromatic carbocycles. The van der Waals surface area contributed by atoms with E-state index in [1.807, 2.05) is 43.3 Å². The molecule has 4 heteroatoms. The molecule has 1 unspecified atom stereocenters. The molecule has 0 amide bonds. The van der Waals surface area contributed by atoms with Crippen molar-refractivity contribution in [3.8, 4) is 0 Å². The molecule has 110 valence electrons. The number of aromatic nitrogens is 2. The number of allylic oxidation sites excluding steroid dienone is 1. The molecule has 0 fully saturated rings. The molecule has 1 atom stereocenters. The maximum absolute atomic E-state index is 12.8. The summed E-state index contributed by atoms with van der Waals surface area (Å²) in [7, 11) is 0. The Kier molecular flexibility index (Phi) is 2.64. The molecule has 0 aliphatic carbocycles. The van der Waals surface area contributed by atoms with E-state index in [0.717, 1.165) is 16.3 Å². The smallest absolute Gasteiger partial charge is 0.267 e. The predicted octanol–water partition coefficient (Wildman–Crippen LogP) is 2.83. The van der Waals surface area contributed by atoms with E-state index in [-0.39, 0.29) is 17.0 Å². The fraction of sp³-hybridized carbons (Fsp3) is 0.222. The van der Waals surface area contributed by atoms with E-state index in [1.165, 1.54) is 4.68 Å². The second kappa shape index (κ2) is 4.44. The van der Waals surface area contributed by atoms with Gasteiger partial charge in [-0.25, -0.2) is 9.36 Å². The number of hydrogen-bond acceptors (Lipinski definition) is 2. The third-order valence-corrected chi connectivity index (χ3v) is 4.60. The highest BCUT2D eigenvalue weighted by Crippen LogP contribution is 2.21. The van der Waals surface area contributed by atoms with Crippen molar-refractivity contribution < 1.29 is 0 Å². The maximum Gasteiger partial charge on any atom is 0.277 e. The average molecular weight is 292 g/mol. The topological polar surface area (TPSA) is 44.0 Å². The second-order valence-electron chi connectivity index (χ2n) is 6.06. The van der Waals surface area contributed by atoms with Crippen molar-refractivity contribution >= 4 is 27.7 Å². The number of nitrogens with zero attached hydrogens (tertiary/aromatic N) is 2. The van der Waals surface area contributed by atoms with Crippen LogP contribution in [0, 0.1) is 5.92 Å². The minimum Gasteiger partial charge on any atom is -0.267 e. The van der Waals surface area contributed by atoms with Crippen LogP contribution in [0.3, 0.4) is 0 Å². The van der Waals surface area contributed by atoms with Crippen LogP contribution in [0.2, 0.25) is 0 Å². The summed E-state index contributed by atoms with van der Waals surface area (Å²) < 4.78 is 3.02. The van der Waals surface area contributed by atoms with Crippen molar-refractivity contribution in [2.75, 3.05) is 0 Å². The van der Waals surface area contributed by atoms with Gasteiger partial charge in [0.25, 0.3) is 11.1 Å². The molecule has 4 rings (SSSR count). The molecule has 1 aliphatic rings. The SMILES string of the molecule is CC1=Cn2c(=O)c3cc4ccccc4cc3c(=O)n2CC1C. The average Bonchev–Trinajstić information content (AvgIpc) is 2.53. The van der Waals surface area contributed by atoms with Crippen molar-refractivity contribution in [2.24, 2.45) is 5.92 Å². The third-order valence-electron chi connectivity index (χ3n) is 4.60. The Morgan fingerprint density at radius 3 is 2.23 bits per heavy atom. The normalized spacial score (nSPS) is 17.5. The lowest BCUT2D eigenvalue weighted by molar-refractivity contribution is 0.427. The molecule has 0 spiro atoms. The molecular weight excluding hydrogens is 276 g/mol. The minimum atomic E-state index is -0.133. The lowest BCUT2D eigenvalue weighted by Gasteiger charge is -2.24. The Morgan fingerprint density at radius 2 is 1.59 bits per heavy atom. The van der Waals surface area contributed by atoms with E-state index < -0.39 is 0 Å². The molecule has 0 saturated heterocycles. The van der Waals surface area contributed by atoms with Crippen LogP contribution in [0.15, 0.2) is 51.6 Å². The molecular formula is C18H16N2O2. The van der Waals surface area contributed by atoms with Crippen molar-refractivity contribution in [1.29, 1.82) is 0 Å². The Morgan fingerprint density at radius 1 is 1.00 bits per heavy atom. The van der Waals surface area contributed by atoms with Gasteiger partial charge in [-0.2, -0.15) is 0 Å². The van der Waals surface area contributed by atoms with Crippen molar-refractivity contribution in [3.63, 3.8) is 0 Å². The van der Waals surface area contributed by atoms with E-state index in [0.29, 0.717) is 17.3 Å². The number of rotatable bonds is 0. The summed E-state index contributed by atoms with van der Waals surface area (Å²) in [6.45, 7) is 4.60. The van der Waals surface area contributed by atoms with Crippen LogP contribution >= 0.6 is 0 Å². The zero-order valence-corrected chi connectivity index (χ0v) is 12.5. The van der Waals surface area contributed by atoms with Gasteiger partial charge in [-0.3, -0.25) is 9.59 Å². The van der Waals surface area contributed by atoms with Crippen molar-refractivity contribution in [2.45, 2.75) is 20.4 Å².